The van der Waals surface area contributed by atoms with Crippen molar-refractivity contribution < 1.29 is 61.6 Å². The number of carbonyl (C=O) groups is 1. The van der Waals surface area contributed by atoms with Gasteiger partial charge in [-0.05, 0) is 327 Å². The number of amides is 1. The predicted octanol–water partition coefficient (Wildman–Crippen LogP) is 16.1. The van der Waals surface area contributed by atoms with Crippen LogP contribution in [-0.4, -0.2) is 348 Å². The Morgan fingerprint density at radius 2 is 0.737 bits per heavy atom. The molecule has 0 aromatic heterocycles. The molecule has 1 N–H and O–H groups in total. The van der Waals surface area contributed by atoms with Gasteiger partial charge in [0.1, 0.15) is 5.60 Å². The number of likely N-dealkylation sites (N-methyl/N-ethyl adjacent to an activating group) is 3. The lowest BCUT2D eigenvalue weighted by molar-refractivity contribution is -0.0831. The highest BCUT2D eigenvalue weighted by atomic mass is 16.6. The van der Waals surface area contributed by atoms with Crippen LogP contribution in [0.1, 0.15) is 293 Å². The third-order valence-electron chi connectivity index (χ3n) is 19.0. The predicted molar refractivity (Wildman–Crippen MR) is 476 cm³/mol. The molecule has 0 aromatic carbocycles. The maximum Gasteiger partial charge on any atom is 0.410 e. The van der Waals surface area contributed by atoms with Gasteiger partial charge in [0.25, 0.3) is 0 Å². The molecule has 9 fully saturated rings. The SMILES string of the molecule is CC(C)(C)OC(=O)N1CCC(OC(C)(C)C)C1.CC(C)(C)OC1CCNC1.CC(C)(C)OCCN1CCOCC1.CC(C)N1CCC(OC(C)(C)C)C1.CCN1CCC(OC(C)(C)C)C1.CN1CCC(OC(C)(C)C)C1.CN1CCC(OC(C)(C)C)CC1.CN1CCCC(OC(C)(C)C)C1.COCCN1CCC(OC(C)(C)C)C1. The Bertz CT molecular complexity index is 2400. The van der Waals surface area contributed by atoms with E-state index < -0.39 is 5.60 Å². The van der Waals surface area contributed by atoms with Gasteiger partial charge >= 0.3 is 6.09 Å². The molecule has 0 bridgehead atoms. The number of piperidine rings is 2. The van der Waals surface area contributed by atoms with E-state index in [2.05, 4.69) is 248 Å². The third-order valence-corrected chi connectivity index (χ3v) is 19.0. The van der Waals surface area contributed by atoms with E-state index >= 15 is 0 Å². The van der Waals surface area contributed by atoms with E-state index in [-0.39, 0.29) is 62.6 Å². The molecule has 7 unspecified atom stereocenters. The molecule has 22 heteroatoms. The molecule has 0 aliphatic carbocycles. The summed E-state index contributed by atoms with van der Waals surface area (Å²) in [6.45, 7) is 95.2. The van der Waals surface area contributed by atoms with Crippen molar-refractivity contribution in [1.82, 2.24) is 44.5 Å². The van der Waals surface area contributed by atoms with Crippen molar-refractivity contribution in [3.05, 3.63) is 0 Å². The van der Waals surface area contributed by atoms with Crippen LogP contribution in [0.2, 0.25) is 0 Å². The quantitative estimate of drug-likeness (QED) is 0.155. The monoisotopic (exact) mass is 1630 g/mol. The number of hydrogen-bond acceptors (Lipinski definition) is 21. The molecule has 22 nitrogen and oxygen atoms in total. The molecule has 0 radical (unpaired) electrons. The molecule has 9 saturated heterocycles. The summed E-state index contributed by atoms with van der Waals surface area (Å²) in [7, 11) is 8.23. The van der Waals surface area contributed by atoms with Gasteiger partial charge in [0.05, 0.1) is 132 Å². The van der Waals surface area contributed by atoms with Gasteiger partial charge < -0.3 is 86.7 Å². The fourth-order valence-electron chi connectivity index (χ4n) is 14.5. The standard InChI is InChI=1S/C13H25NO3.C11H23NO2.C11H23NO.C10H21NO2.3C10H21NO.C9H19NO.C8H17NO/c1-12(2,3)16-10-7-8-14(9-10)11(15)17-13(4,5)6;1-11(2,3)14-10-5-6-12(9-10)7-8-13-4;1-9(2)12-7-6-10(8-12)13-11(3,4)5;1-10(2,3)13-9-6-11-4-7-12-8-5-11;1-10(2,3)12-9-5-7-11(4)8-6-9;1-10(2,3)12-9-6-5-7-11(4)8-9;1-5-11-7-6-9(8-11)12-10(2,3)4;1-9(2,3)11-8-5-6-10(4)7-8;1-8(2,3)10-7-4-5-9-6-7/h10H,7-9H2,1-6H3;10H,5-9H2,1-4H3;9-10H,6-8H2,1-5H3;4-9H2,1-3H3;3*9H,5-8H2,1-4H3;8H,5-7H2,1-4H3;7,9H,4-6H2,1-3H3. The van der Waals surface area contributed by atoms with Gasteiger partial charge in [-0.15, -0.1) is 0 Å². The number of methoxy groups -OCH3 is 1. The smallest absolute Gasteiger partial charge is 0.410 e. The molecule has 0 saturated carbocycles. The molecule has 0 aromatic rings. The number of nitrogens with zero attached hydrogens (tertiary/aromatic N) is 8. The molecule has 0 spiro atoms. The minimum absolute atomic E-state index is 0.00765. The molecule has 9 rings (SSSR count). The van der Waals surface area contributed by atoms with Crippen LogP contribution in [0.25, 0.3) is 0 Å². The van der Waals surface area contributed by atoms with Crippen LogP contribution < -0.4 is 5.32 Å². The first-order chi connectivity index (χ1) is 52.0. The molecule has 9 aliphatic rings. The second-order valence-electron chi connectivity index (χ2n) is 43.4. The van der Waals surface area contributed by atoms with Crippen LogP contribution in [0, 0.1) is 0 Å². The number of morpholine rings is 1. The van der Waals surface area contributed by atoms with Crippen molar-refractivity contribution in [2.24, 2.45) is 0 Å². The lowest BCUT2D eigenvalue weighted by Crippen LogP contribution is -2.40. The van der Waals surface area contributed by atoms with Crippen LogP contribution in [0.4, 0.5) is 4.79 Å². The van der Waals surface area contributed by atoms with Crippen molar-refractivity contribution in [3.63, 3.8) is 0 Å². The fraction of sp³-hybridized carbons (Fsp3) is 0.989. The van der Waals surface area contributed by atoms with E-state index in [0.717, 1.165) is 137 Å². The number of nitrogens with one attached hydrogen (secondary N) is 1. The second-order valence-corrected chi connectivity index (χ2v) is 43.4. The molecular weight excluding hydrogens is 1440 g/mol. The molecule has 682 valence electrons. The van der Waals surface area contributed by atoms with Crippen molar-refractivity contribution in [2.45, 2.75) is 404 Å². The first kappa shape index (κ1) is 111. The Morgan fingerprint density at radius 3 is 1.13 bits per heavy atom. The summed E-state index contributed by atoms with van der Waals surface area (Å²) < 4.78 is 68.3. The van der Waals surface area contributed by atoms with Crippen molar-refractivity contribution in [3.8, 4) is 0 Å². The van der Waals surface area contributed by atoms with Gasteiger partial charge in [0.2, 0.25) is 0 Å². The highest BCUT2D eigenvalue weighted by Crippen LogP contribution is 2.27. The third kappa shape index (κ3) is 63.5. The molecule has 114 heavy (non-hydrogen) atoms. The number of rotatable bonds is 16. The Hall–Kier alpha value is -1.49. The Kier molecular flexibility index (Phi) is 51.2. The zero-order chi connectivity index (χ0) is 87.3. The number of carbonyl (C=O) groups excluding carboxylic acids is 1. The van der Waals surface area contributed by atoms with Gasteiger partial charge in [0, 0.05) is 124 Å². The van der Waals surface area contributed by atoms with Crippen LogP contribution in [-0.2, 0) is 56.8 Å². The summed E-state index contributed by atoms with van der Waals surface area (Å²) in [4.78, 5) is 30.3. The summed E-state index contributed by atoms with van der Waals surface area (Å²) >= 11 is 0. The Labute approximate surface area is 704 Å². The van der Waals surface area contributed by atoms with Crippen molar-refractivity contribution in [1.29, 1.82) is 0 Å². The second kappa shape index (κ2) is 52.9. The largest absolute Gasteiger partial charge is 0.444 e. The highest BCUT2D eigenvalue weighted by Gasteiger charge is 2.35. The number of likely N-dealkylation sites (tertiary alicyclic amines) is 7. The maximum absolute atomic E-state index is 11.8. The molecular formula is C92H191N9O13. The van der Waals surface area contributed by atoms with Gasteiger partial charge in [-0.25, -0.2) is 4.79 Å². The summed E-state index contributed by atoms with van der Waals surface area (Å²) in [5, 5.41) is 3.27. The van der Waals surface area contributed by atoms with E-state index in [1.807, 2.05) is 41.5 Å². The summed E-state index contributed by atoms with van der Waals surface area (Å²) in [6.07, 6.45) is 14.7. The van der Waals surface area contributed by atoms with Gasteiger partial charge in [-0.3, -0.25) is 14.7 Å². The first-order valence-corrected chi connectivity index (χ1v) is 44.8. The van der Waals surface area contributed by atoms with Crippen LogP contribution in [0.3, 0.4) is 0 Å². The zero-order valence-electron chi connectivity index (χ0n) is 81.8. The van der Waals surface area contributed by atoms with E-state index in [9.17, 15) is 4.79 Å². The minimum atomic E-state index is -0.431. The van der Waals surface area contributed by atoms with E-state index in [4.69, 9.17) is 56.8 Å². The zero-order valence-corrected chi connectivity index (χ0v) is 81.8. The minimum Gasteiger partial charge on any atom is -0.444 e. The maximum atomic E-state index is 11.8. The topological polar surface area (TPSA) is 166 Å². The van der Waals surface area contributed by atoms with Gasteiger partial charge in [-0.1, -0.05) is 6.92 Å². The summed E-state index contributed by atoms with van der Waals surface area (Å²) in [5.41, 5.74) is -0.481. The van der Waals surface area contributed by atoms with E-state index in [1.165, 1.54) is 84.2 Å². The fourth-order valence-corrected chi connectivity index (χ4v) is 14.5. The lowest BCUT2D eigenvalue weighted by Gasteiger charge is -2.34. The average Bonchev–Trinajstić information content (AvgIpc) is 1.69. The molecule has 1 amide bonds. The first-order valence-electron chi connectivity index (χ1n) is 44.8. The van der Waals surface area contributed by atoms with Crippen molar-refractivity contribution >= 4 is 6.09 Å². The number of hydrogen-bond donors (Lipinski definition) is 1. The number of ether oxygens (including phenoxy) is 12. The summed E-state index contributed by atoms with van der Waals surface area (Å²) in [6, 6.07) is 0.661. The Balaban J connectivity index is 0.000000643. The highest BCUT2D eigenvalue weighted by molar-refractivity contribution is 5.68. The van der Waals surface area contributed by atoms with Crippen molar-refractivity contribution in [2.75, 3.05) is 192 Å². The van der Waals surface area contributed by atoms with Crippen LogP contribution in [0.15, 0.2) is 0 Å². The lowest BCUT2D eigenvalue weighted by atomic mass is 10.1. The van der Waals surface area contributed by atoms with Gasteiger partial charge in [0.15, 0.2) is 0 Å². The molecule has 9 heterocycles. The van der Waals surface area contributed by atoms with E-state index in [0.29, 0.717) is 55.3 Å². The Morgan fingerprint density at radius 1 is 0.368 bits per heavy atom. The van der Waals surface area contributed by atoms with E-state index in [1.54, 1.807) is 12.0 Å². The summed E-state index contributed by atoms with van der Waals surface area (Å²) in [5.74, 6) is 0. The molecule has 7 atom stereocenters. The average molecular weight is 1630 g/mol. The van der Waals surface area contributed by atoms with Crippen LogP contribution in [0.5, 0.6) is 0 Å². The molecule has 9 aliphatic heterocycles. The normalized spacial score (nSPS) is 24.7. The van der Waals surface area contributed by atoms with Crippen LogP contribution >= 0.6 is 0 Å². The van der Waals surface area contributed by atoms with Gasteiger partial charge in [-0.2, -0.15) is 0 Å².